The van der Waals surface area contributed by atoms with E-state index in [0.717, 1.165) is 18.3 Å². The number of rotatable bonds is 4. The van der Waals surface area contributed by atoms with Gasteiger partial charge in [-0.05, 0) is 40.8 Å². The molecule has 0 saturated heterocycles. The number of allylic oxidation sites excluding steroid dienone is 4. The van der Waals surface area contributed by atoms with E-state index < -0.39 is 0 Å². The molecule has 0 amide bonds. The molecule has 2 unspecified atom stereocenters. The number of aldehydes is 1. The maximum absolute atomic E-state index is 11.7. The molecule has 3 rings (SSSR count). The Morgan fingerprint density at radius 3 is 2.52 bits per heavy atom. The second kappa shape index (κ2) is 5.74. The van der Waals surface area contributed by atoms with Gasteiger partial charge in [0, 0.05) is 20.7 Å². The lowest BCUT2D eigenvalue weighted by molar-refractivity contribution is -0.105. The summed E-state index contributed by atoms with van der Waals surface area (Å²) < 4.78 is 0. The van der Waals surface area contributed by atoms with Gasteiger partial charge in [0.05, 0.1) is 0 Å². The Hall–Kier alpha value is -1.45. The van der Waals surface area contributed by atoms with Crippen LogP contribution in [-0.2, 0) is 10.2 Å². The SMILES string of the molecule is CCC1(c2cccs2)C(C=O)=CC=C(c2cccs2)C1C. The van der Waals surface area contributed by atoms with E-state index >= 15 is 0 Å². The minimum atomic E-state index is -0.190. The molecule has 2 heterocycles. The molecule has 0 aromatic carbocycles. The van der Waals surface area contributed by atoms with Crippen molar-refractivity contribution in [3.8, 4) is 0 Å². The first-order chi connectivity index (χ1) is 10.2. The van der Waals surface area contributed by atoms with Crippen LogP contribution in [0.3, 0.4) is 0 Å². The Kier molecular flexibility index (Phi) is 3.96. The van der Waals surface area contributed by atoms with Gasteiger partial charge in [-0.2, -0.15) is 0 Å². The van der Waals surface area contributed by atoms with Crippen molar-refractivity contribution < 1.29 is 4.79 Å². The highest BCUT2D eigenvalue weighted by atomic mass is 32.1. The van der Waals surface area contributed by atoms with Crippen molar-refractivity contribution in [2.75, 3.05) is 0 Å². The third-order valence-corrected chi connectivity index (χ3v) is 6.58. The van der Waals surface area contributed by atoms with E-state index in [1.54, 1.807) is 22.7 Å². The van der Waals surface area contributed by atoms with Crippen LogP contribution < -0.4 is 0 Å². The van der Waals surface area contributed by atoms with Crippen molar-refractivity contribution >= 4 is 34.5 Å². The minimum absolute atomic E-state index is 0.190. The van der Waals surface area contributed by atoms with E-state index in [0.29, 0.717) is 5.92 Å². The van der Waals surface area contributed by atoms with Crippen LogP contribution in [0, 0.1) is 5.92 Å². The smallest absolute Gasteiger partial charge is 0.146 e. The molecule has 0 spiro atoms. The molecule has 3 heteroatoms. The number of hydrogen-bond donors (Lipinski definition) is 0. The van der Waals surface area contributed by atoms with Gasteiger partial charge in [-0.1, -0.05) is 38.1 Å². The minimum Gasteiger partial charge on any atom is -0.298 e. The summed E-state index contributed by atoms with van der Waals surface area (Å²) in [4.78, 5) is 14.3. The molecular weight excluding hydrogens is 296 g/mol. The van der Waals surface area contributed by atoms with Gasteiger partial charge in [0.2, 0.25) is 0 Å². The van der Waals surface area contributed by atoms with Crippen LogP contribution in [-0.4, -0.2) is 6.29 Å². The van der Waals surface area contributed by atoms with Gasteiger partial charge in [-0.25, -0.2) is 0 Å². The molecule has 108 valence electrons. The van der Waals surface area contributed by atoms with E-state index in [1.807, 2.05) is 6.08 Å². The standard InChI is InChI=1S/C18H18OS2/c1-3-18(17-7-5-11-21-17)13(2)15(9-8-14(18)12-19)16-6-4-10-20-16/h4-13H,3H2,1-2H3. The molecule has 1 nitrogen and oxygen atoms in total. The van der Waals surface area contributed by atoms with E-state index in [9.17, 15) is 4.79 Å². The predicted octanol–water partition coefficient (Wildman–Crippen LogP) is 5.32. The van der Waals surface area contributed by atoms with Crippen LogP contribution in [0.5, 0.6) is 0 Å². The second-order valence-electron chi connectivity index (χ2n) is 5.36. The maximum Gasteiger partial charge on any atom is 0.146 e. The summed E-state index contributed by atoms with van der Waals surface area (Å²) in [5.74, 6) is 0.296. The van der Waals surface area contributed by atoms with Gasteiger partial charge >= 0.3 is 0 Å². The van der Waals surface area contributed by atoms with Crippen molar-refractivity contribution in [1.82, 2.24) is 0 Å². The summed E-state index contributed by atoms with van der Waals surface area (Å²) in [6, 6.07) is 8.50. The molecule has 2 aromatic heterocycles. The molecule has 0 aliphatic heterocycles. The van der Waals surface area contributed by atoms with Gasteiger partial charge in [0.15, 0.2) is 0 Å². The summed E-state index contributed by atoms with van der Waals surface area (Å²) >= 11 is 3.52. The fourth-order valence-corrected chi connectivity index (χ4v) is 5.40. The number of hydrogen-bond acceptors (Lipinski definition) is 3. The van der Waals surface area contributed by atoms with Crippen molar-refractivity contribution in [3.05, 3.63) is 62.5 Å². The average Bonchev–Trinajstić information content (AvgIpc) is 3.20. The molecule has 1 aliphatic carbocycles. The summed E-state index contributed by atoms with van der Waals surface area (Å²) in [6.07, 6.45) is 6.12. The summed E-state index contributed by atoms with van der Waals surface area (Å²) in [5.41, 5.74) is 2.05. The van der Waals surface area contributed by atoms with Crippen molar-refractivity contribution in [3.63, 3.8) is 0 Å². The lowest BCUT2D eigenvalue weighted by Crippen LogP contribution is -2.37. The number of carbonyl (C=O) groups is 1. The van der Waals surface area contributed by atoms with Crippen molar-refractivity contribution in [2.24, 2.45) is 5.92 Å². The quantitative estimate of drug-likeness (QED) is 0.698. The molecule has 1 aliphatic rings. The highest BCUT2D eigenvalue weighted by Crippen LogP contribution is 2.51. The highest BCUT2D eigenvalue weighted by molar-refractivity contribution is 7.11. The summed E-state index contributed by atoms with van der Waals surface area (Å²) in [6.45, 7) is 4.44. The Morgan fingerprint density at radius 1 is 1.19 bits per heavy atom. The number of carbonyl (C=O) groups excluding carboxylic acids is 1. The third-order valence-electron chi connectivity index (χ3n) is 4.61. The lowest BCUT2D eigenvalue weighted by atomic mass is 9.63. The first-order valence-corrected chi connectivity index (χ1v) is 8.95. The summed E-state index contributed by atoms with van der Waals surface area (Å²) in [7, 11) is 0. The zero-order chi connectivity index (χ0) is 14.9. The molecule has 0 saturated carbocycles. The maximum atomic E-state index is 11.7. The van der Waals surface area contributed by atoms with E-state index in [-0.39, 0.29) is 5.41 Å². The van der Waals surface area contributed by atoms with Crippen LogP contribution in [0.25, 0.3) is 5.57 Å². The zero-order valence-electron chi connectivity index (χ0n) is 12.2. The van der Waals surface area contributed by atoms with Gasteiger partial charge < -0.3 is 0 Å². The molecule has 0 fully saturated rings. The average molecular weight is 314 g/mol. The summed E-state index contributed by atoms with van der Waals surface area (Å²) in [5, 5.41) is 4.21. The Labute approximate surface area is 133 Å². The molecule has 0 bridgehead atoms. The molecule has 21 heavy (non-hydrogen) atoms. The topological polar surface area (TPSA) is 17.1 Å². The zero-order valence-corrected chi connectivity index (χ0v) is 13.8. The molecule has 0 N–H and O–H groups in total. The first kappa shape index (κ1) is 14.5. The largest absolute Gasteiger partial charge is 0.298 e. The molecule has 0 radical (unpaired) electrons. The van der Waals surface area contributed by atoms with Crippen molar-refractivity contribution in [2.45, 2.75) is 25.7 Å². The number of thiophene rings is 2. The van der Waals surface area contributed by atoms with E-state index in [4.69, 9.17) is 0 Å². The van der Waals surface area contributed by atoms with Crippen LogP contribution >= 0.6 is 22.7 Å². The Bertz CT molecular complexity index is 677. The fourth-order valence-electron chi connectivity index (χ4n) is 3.44. The predicted molar refractivity (Wildman–Crippen MR) is 91.9 cm³/mol. The van der Waals surface area contributed by atoms with Gasteiger partial charge in [-0.3, -0.25) is 4.79 Å². The van der Waals surface area contributed by atoms with Gasteiger partial charge in [0.1, 0.15) is 6.29 Å². The van der Waals surface area contributed by atoms with E-state index in [2.05, 4.69) is 54.9 Å². The molecular formula is C18H18OS2. The van der Waals surface area contributed by atoms with E-state index in [1.165, 1.54) is 15.3 Å². The monoisotopic (exact) mass is 314 g/mol. The second-order valence-corrected chi connectivity index (χ2v) is 7.26. The van der Waals surface area contributed by atoms with Crippen LogP contribution in [0.15, 0.2) is 52.8 Å². The van der Waals surface area contributed by atoms with Crippen molar-refractivity contribution in [1.29, 1.82) is 0 Å². The fraction of sp³-hybridized carbons (Fsp3) is 0.278. The van der Waals surface area contributed by atoms with Gasteiger partial charge in [0.25, 0.3) is 0 Å². The van der Waals surface area contributed by atoms with Gasteiger partial charge in [-0.15, -0.1) is 22.7 Å². The Balaban J connectivity index is 2.18. The highest BCUT2D eigenvalue weighted by Gasteiger charge is 2.44. The van der Waals surface area contributed by atoms with Crippen LogP contribution in [0.1, 0.15) is 30.0 Å². The van der Waals surface area contributed by atoms with Crippen LogP contribution in [0.2, 0.25) is 0 Å². The molecule has 2 atom stereocenters. The third kappa shape index (κ3) is 2.16. The normalized spacial score (nSPS) is 25.3. The molecule has 2 aromatic rings. The first-order valence-electron chi connectivity index (χ1n) is 7.19. The lowest BCUT2D eigenvalue weighted by Gasteiger charge is -2.41. The Morgan fingerprint density at radius 2 is 1.95 bits per heavy atom. The van der Waals surface area contributed by atoms with Crippen LogP contribution in [0.4, 0.5) is 0 Å².